The van der Waals surface area contributed by atoms with Crippen molar-refractivity contribution in [3.8, 4) is 0 Å². The molecule has 3 rings (SSSR count). The summed E-state index contributed by atoms with van der Waals surface area (Å²) in [4.78, 5) is 6.65. The summed E-state index contributed by atoms with van der Waals surface area (Å²) in [6.07, 6.45) is 3.09. The SMILES string of the molecule is CS(=O)(=O)N1CC2CN(c3ccc(Br)cn3)CC2C1. The fourth-order valence-corrected chi connectivity index (χ4v) is 4.12. The topological polar surface area (TPSA) is 53.5 Å². The first-order valence-corrected chi connectivity index (χ1v) is 8.89. The molecule has 0 spiro atoms. The van der Waals surface area contributed by atoms with Crippen molar-refractivity contribution in [2.24, 2.45) is 11.8 Å². The van der Waals surface area contributed by atoms with Crippen molar-refractivity contribution in [1.82, 2.24) is 9.29 Å². The van der Waals surface area contributed by atoms with Gasteiger partial charge in [-0.3, -0.25) is 0 Å². The largest absolute Gasteiger partial charge is 0.356 e. The van der Waals surface area contributed by atoms with Gasteiger partial charge in [0.2, 0.25) is 10.0 Å². The molecule has 0 amide bonds. The van der Waals surface area contributed by atoms with Crippen LogP contribution < -0.4 is 4.90 Å². The third kappa shape index (κ3) is 2.64. The first kappa shape index (κ1) is 13.3. The fraction of sp³-hybridized carbons (Fsp3) is 0.583. The van der Waals surface area contributed by atoms with Crippen molar-refractivity contribution >= 4 is 31.8 Å². The molecule has 0 N–H and O–H groups in total. The predicted octanol–water partition coefficient (Wildman–Crippen LogP) is 1.17. The molecule has 104 valence electrons. The van der Waals surface area contributed by atoms with Gasteiger partial charge in [0.15, 0.2) is 0 Å². The number of fused-ring (bicyclic) bond motifs is 1. The Morgan fingerprint density at radius 2 is 1.84 bits per heavy atom. The Bertz CT molecular complexity index is 561. The molecule has 2 atom stereocenters. The van der Waals surface area contributed by atoms with Crippen LogP contribution in [0.2, 0.25) is 0 Å². The van der Waals surface area contributed by atoms with Crippen molar-refractivity contribution in [1.29, 1.82) is 0 Å². The lowest BCUT2D eigenvalue weighted by Gasteiger charge is -2.21. The molecule has 2 saturated heterocycles. The number of nitrogens with zero attached hydrogens (tertiary/aromatic N) is 3. The molecule has 0 bridgehead atoms. The highest BCUT2D eigenvalue weighted by Gasteiger charge is 2.43. The molecule has 19 heavy (non-hydrogen) atoms. The van der Waals surface area contributed by atoms with E-state index >= 15 is 0 Å². The first-order chi connectivity index (χ1) is 8.93. The van der Waals surface area contributed by atoms with Gasteiger partial charge >= 0.3 is 0 Å². The van der Waals surface area contributed by atoms with E-state index in [2.05, 4.69) is 25.8 Å². The van der Waals surface area contributed by atoms with Gasteiger partial charge in [0.25, 0.3) is 0 Å². The second kappa shape index (κ2) is 4.71. The number of hydrogen-bond acceptors (Lipinski definition) is 4. The summed E-state index contributed by atoms with van der Waals surface area (Å²) in [5.41, 5.74) is 0. The monoisotopic (exact) mass is 345 g/mol. The number of sulfonamides is 1. The van der Waals surface area contributed by atoms with Crippen LogP contribution in [0, 0.1) is 11.8 Å². The minimum atomic E-state index is -3.04. The summed E-state index contributed by atoms with van der Waals surface area (Å²) in [6, 6.07) is 3.98. The normalized spacial score (nSPS) is 27.8. The van der Waals surface area contributed by atoms with Crippen molar-refractivity contribution < 1.29 is 8.42 Å². The summed E-state index contributed by atoms with van der Waals surface area (Å²) >= 11 is 3.38. The van der Waals surface area contributed by atoms with Gasteiger partial charge in [-0.1, -0.05) is 0 Å². The van der Waals surface area contributed by atoms with E-state index in [4.69, 9.17) is 0 Å². The number of hydrogen-bond donors (Lipinski definition) is 0. The van der Waals surface area contributed by atoms with Crippen LogP contribution in [0.3, 0.4) is 0 Å². The van der Waals surface area contributed by atoms with Crippen LogP contribution in [0.25, 0.3) is 0 Å². The van der Waals surface area contributed by atoms with Crippen molar-refractivity contribution in [2.75, 3.05) is 37.3 Å². The maximum atomic E-state index is 11.5. The van der Waals surface area contributed by atoms with Crippen LogP contribution >= 0.6 is 15.9 Å². The molecule has 0 aliphatic carbocycles. The lowest BCUT2D eigenvalue weighted by atomic mass is 10.0. The fourth-order valence-electron chi connectivity index (χ4n) is 2.96. The molecular weight excluding hydrogens is 330 g/mol. The highest BCUT2D eigenvalue weighted by Crippen LogP contribution is 2.34. The second-order valence-electron chi connectivity index (χ2n) is 5.34. The van der Waals surface area contributed by atoms with Crippen LogP contribution in [0.4, 0.5) is 5.82 Å². The zero-order chi connectivity index (χ0) is 13.6. The Labute approximate surface area is 121 Å². The standard InChI is InChI=1S/C12H16BrN3O2S/c1-19(17,18)16-7-9-5-15(6-10(9)8-16)12-3-2-11(13)4-14-12/h2-4,9-10H,5-8H2,1H3. The second-order valence-corrected chi connectivity index (χ2v) is 8.24. The third-order valence-electron chi connectivity index (χ3n) is 3.96. The van der Waals surface area contributed by atoms with E-state index in [9.17, 15) is 8.42 Å². The smallest absolute Gasteiger partial charge is 0.211 e. The number of rotatable bonds is 2. The first-order valence-electron chi connectivity index (χ1n) is 6.25. The van der Waals surface area contributed by atoms with Gasteiger partial charge in [-0.05, 0) is 39.9 Å². The Kier molecular flexibility index (Phi) is 3.31. The summed E-state index contributed by atoms with van der Waals surface area (Å²) in [5.74, 6) is 1.84. The molecule has 7 heteroatoms. The van der Waals surface area contributed by atoms with E-state index < -0.39 is 10.0 Å². The lowest BCUT2D eigenvalue weighted by molar-refractivity contribution is 0.458. The van der Waals surface area contributed by atoms with Crippen LogP contribution in [-0.2, 0) is 10.0 Å². The van der Waals surface area contributed by atoms with E-state index in [1.807, 2.05) is 12.1 Å². The highest BCUT2D eigenvalue weighted by molar-refractivity contribution is 9.10. The van der Waals surface area contributed by atoms with Crippen LogP contribution in [0.1, 0.15) is 0 Å². The van der Waals surface area contributed by atoms with E-state index in [1.165, 1.54) is 6.26 Å². The van der Waals surface area contributed by atoms with Crippen molar-refractivity contribution in [2.45, 2.75) is 0 Å². The van der Waals surface area contributed by atoms with Gasteiger partial charge in [0, 0.05) is 36.8 Å². The summed E-state index contributed by atoms with van der Waals surface area (Å²) in [6.45, 7) is 3.09. The molecule has 0 aromatic carbocycles. The molecule has 2 aliphatic heterocycles. The quantitative estimate of drug-likeness (QED) is 0.807. The molecule has 1 aromatic heterocycles. The van der Waals surface area contributed by atoms with Crippen molar-refractivity contribution in [3.05, 3.63) is 22.8 Å². The molecular formula is C12H16BrN3O2S. The molecule has 3 heterocycles. The Balaban J connectivity index is 1.70. The molecule has 2 unspecified atom stereocenters. The summed E-state index contributed by atoms with van der Waals surface area (Å²) in [5, 5.41) is 0. The summed E-state index contributed by atoms with van der Waals surface area (Å²) < 4.78 is 25.7. The maximum Gasteiger partial charge on any atom is 0.211 e. The van der Waals surface area contributed by atoms with Gasteiger partial charge in [0.05, 0.1) is 6.26 Å². The average Bonchev–Trinajstić information content (AvgIpc) is 2.86. The molecule has 5 nitrogen and oxygen atoms in total. The number of anilines is 1. The number of aromatic nitrogens is 1. The zero-order valence-electron chi connectivity index (χ0n) is 10.7. The molecule has 1 aromatic rings. The van der Waals surface area contributed by atoms with Crippen LogP contribution in [0.15, 0.2) is 22.8 Å². The van der Waals surface area contributed by atoms with Gasteiger partial charge in [-0.15, -0.1) is 0 Å². The molecule has 2 fully saturated rings. The Hall–Kier alpha value is -0.660. The van der Waals surface area contributed by atoms with Gasteiger partial charge in [-0.2, -0.15) is 0 Å². The summed E-state index contributed by atoms with van der Waals surface area (Å²) in [7, 11) is -3.04. The third-order valence-corrected chi connectivity index (χ3v) is 5.66. The highest BCUT2D eigenvalue weighted by atomic mass is 79.9. The molecule has 0 saturated carbocycles. The average molecular weight is 346 g/mol. The number of pyridine rings is 1. The minimum Gasteiger partial charge on any atom is -0.356 e. The maximum absolute atomic E-state index is 11.5. The lowest BCUT2D eigenvalue weighted by Crippen LogP contribution is -2.32. The van der Waals surface area contributed by atoms with Gasteiger partial charge in [0.1, 0.15) is 5.82 Å². The van der Waals surface area contributed by atoms with Crippen LogP contribution in [-0.4, -0.2) is 50.1 Å². The number of halogens is 1. The van der Waals surface area contributed by atoms with E-state index in [-0.39, 0.29) is 0 Å². The zero-order valence-corrected chi connectivity index (χ0v) is 13.1. The van der Waals surface area contributed by atoms with Crippen LogP contribution in [0.5, 0.6) is 0 Å². The van der Waals surface area contributed by atoms with Crippen molar-refractivity contribution in [3.63, 3.8) is 0 Å². The van der Waals surface area contributed by atoms with E-state index in [0.29, 0.717) is 24.9 Å². The molecule has 2 aliphatic rings. The molecule has 0 radical (unpaired) electrons. The van der Waals surface area contributed by atoms with E-state index in [0.717, 1.165) is 23.4 Å². The Morgan fingerprint density at radius 1 is 1.21 bits per heavy atom. The Morgan fingerprint density at radius 3 is 2.32 bits per heavy atom. The predicted molar refractivity (Wildman–Crippen MR) is 77.5 cm³/mol. The van der Waals surface area contributed by atoms with E-state index in [1.54, 1.807) is 10.5 Å². The minimum absolute atomic E-state index is 0.431. The van der Waals surface area contributed by atoms with Gasteiger partial charge in [-0.25, -0.2) is 17.7 Å². The van der Waals surface area contributed by atoms with Gasteiger partial charge < -0.3 is 4.90 Å².